The monoisotopic (exact) mass is 348 g/mol. The van der Waals surface area contributed by atoms with Gasteiger partial charge in [-0.3, -0.25) is 0 Å². The standard InChI is InChI=1S/C24H30NO/c1-25(2)19-13-14-20(25)16-21(15-19)26-24-22-9-5-3-7-17(22)11-12-18-8-4-6-10-23(18)24/h3-10,19-21,24H,11-16H2,1-2H3/q+1. The van der Waals surface area contributed by atoms with Gasteiger partial charge in [0, 0.05) is 25.7 Å². The highest BCUT2D eigenvalue weighted by molar-refractivity contribution is 5.43. The van der Waals surface area contributed by atoms with Crippen molar-refractivity contribution in [3.05, 3.63) is 70.8 Å². The third kappa shape index (κ3) is 2.62. The van der Waals surface area contributed by atoms with E-state index >= 15 is 0 Å². The SMILES string of the molecule is C[N+]1(C)C2CCC1CC(OC1c3ccccc3CCc3ccccc31)C2. The van der Waals surface area contributed by atoms with E-state index in [2.05, 4.69) is 62.6 Å². The summed E-state index contributed by atoms with van der Waals surface area (Å²) >= 11 is 0. The highest BCUT2D eigenvalue weighted by Crippen LogP contribution is 2.43. The molecule has 2 atom stereocenters. The molecule has 2 fully saturated rings. The van der Waals surface area contributed by atoms with E-state index in [0.29, 0.717) is 6.10 Å². The number of ether oxygens (including phenoxy) is 1. The maximum atomic E-state index is 6.93. The first-order chi connectivity index (χ1) is 12.6. The Bertz CT molecular complexity index is 748. The number of piperidine rings is 1. The Kier molecular flexibility index (Phi) is 3.95. The quantitative estimate of drug-likeness (QED) is 0.717. The van der Waals surface area contributed by atoms with E-state index in [0.717, 1.165) is 24.9 Å². The smallest absolute Gasteiger partial charge is 0.108 e. The van der Waals surface area contributed by atoms with Gasteiger partial charge in [0.15, 0.2) is 0 Å². The summed E-state index contributed by atoms with van der Waals surface area (Å²) in [6.07, 6.45) is 7.89. The molecule has 2 aliphatic heterocycles. The second-order valence-corrected chi connectivity index (χ2v) is 9.02. The molecule has 0 amide bonds. The molecular formula is C24H30NO+. The van der Waals surface area contributed by atoms with E-state index in [1.165, 1.54) is 52.4 Å². The lowest BCUT2D eigenvalue weighted by Crippen LogP contribution is -2.56. The Hall–Kier alpha value is -1.64. The van der Waals surface area contributed by atoms with E-state index in [1.807, 2.05) is 0 Å². The van der Waals surface area contributed by atoms with E-state index in [9.17, 15) is 0 Å². The van der Waals surface area contributed by atoms with Crippen LogP contribution in [0, 0.1) is 0 Å². The molecule has 2 aromatic rings. The average molecular weight is 349 g/mol. The minimum Gasteiger partial charge on any atom is -0.365 e. The van der Waals surface area contributed by atoms with E-state index < -0.39 is 0 Å². The third-order valence-corrected chi connectivity index (χ3v) is 7.45. The minimum atomic E-state index is 0.100. The molecule has 2 heteroatoms. The fourth-order valence-corrected chi connectivity index (χ4v) is 5.75. The number of fused-ring (bicyclic) bond motifs is 4. The molecule has 2 nitrogen and oxygen atoms in total. The van der Waals surface area contributed by atoms with Crippen molar-refractivity contribution in [2.24, 2.45) is 0 Å². The minimum absolute atomic E-state index is 0.100. The van der Waals surface area contributed by atoms with Crippen LogP contribution >= 0.6 is 0 Å². The molecule has 0 radical (unpaired) electrons. The van der Waals surface area contributed by atoms with Gasteiger partial charge in [0.2, 0.25) is 0 Å². The summed E-state index contributed by atoms with van der Waals surface area (Å²) < 4.78 is 8.14. The highest BCUT2D eigenvalue weighted by atomic mass is 16.5. The summed E-state index contributed by atoms with van der Waals surface area (Å²) in [5.74, 6) is 0. The first-order valence-electron chi connectivity index (χ1n) is 10.3. The molecule has 2 bridgehead atoms. The second kappa shape index (κ2) is 6.21. The van der Waals surface area contributed by atoms with E-state index in [4.69, 9.17) is 4.74 Å². The Morgan fingerprint density at radius 3 is 1.81 bits per heavy atom. The van der Waals surface area contributed by atoms with Gasteiger partial charge in [-0.05, 0) is 35.1 Å². The van der Waals surface area contributed by atoms with Crippen LogP contribution in [0.2, 0.25) is 0 Å². The largest absolute Gasteiger partial charge is 0.365 e. The van der Waals surface area contributed by atoms with Crippen LogP contribution in [-0.2, 0) is 17.6 Å². The predicted octanol–water partition coefficient (Wildman–Crippen LogP) is 4.66. The molecule has 2 heterocycles. The molecule has 5 rings (SSSR count). The van der Waals surface area contributed by atoms with Crippen molar-refractivity contribution >= 4 is 0 Å². The molecule has 0 aromatic heterocycles. The molecule has 2 unspecified atom stereocenters. The zero-order valence-corrected chi connectivity index (χ0v) is 16.0. The summed E-state index contributed by atoms with van der Waals surface area (Å²) in [5, 5.41) is 0. The second-order valence-electron chi connectivity index (χ2n) is 9.02. The Labute approximate surface area is 157 Å². The van der Waals surface area contributed by atoms with E-state index in [1.54, 1.807) is 0 Å². The Balaban J connectivity index is 1.49. The summed E-state index contributed by atoms with van der Waals surface area (Å²) in [6.45, 7) is 0. The molecule has 3 aliphatic rings. The zero-order chi connectivity index (χ0) is 17.7. The lowest BCUT2D eigenvalue weighted by atomic mass is 9.94. The number of nitrogens with zero attached hydrogens (tertiary/aromatic N) is 1. The van der Waals surface area contributed by atoms with Crippen molar-refractivity contribution in [1.82, 2.24) is 0 Å². The fourth-order valence-electron chi connectivity index (χ4n) is 5.75. The van der Waals surface area contributed by atoms with Gasteiger partial charge in [-0.2, -0.15) is 0 Å². The summed E-state index contributed by atoms with van der Waals surface area (Å²) in [7, 11) is 4.85. The Morgan fingerprint density at radius 1 is 0.769 bits per heavy atom. The van der Waals surface area contributed by atoms with Crippen LogP contribution in [0.4, 0.5) is 0 Å². The van der Waals surface area contributed by atoms with Crippen molar-refractivity contribution in [3.8, 4) is 0 Å². The molecule has 0 saturated carbocycles. The number of rotatable bonds is 2. The van der Waals surface area contributed by atoms with Crippen LogP contribution in [0.15, 0.2) is 48.5 Å². The van der Waals surface area contributed by atoms with Crippen molar-refractivity contribution in [3.63, 3.8) is 0 Å². The van der Waals surface area contributed by atoms with Crippen molar-refractivity contribution in [2.75, 3.05) is 14.1 Å². The highest BCUT2D eigenvalue weighted by Gasteiger charge is 2.49. The maximum Gasteiger partial charge on any atom is 0.108 e. The van der Waals surface area contributed by atoms with Crippen LogP contribution in [-0.4, -0.2) is 36.8 Å². The number of benzene rings is 2. The molecule has 0 N–H and O–H groups in total. The molecule has 2 saturated heterocycles. The molecule has 1 aliphatic carbocycles. The first kappa shape index (κ1) is 16.5. The van der Waals surface area contributed by atoms with Gasteiger partial charge in [-0.25, -0.2) is 0 Å². The van der Waals surface area contributed by atoms with Gasteiger partial charge in [0.05, 0.1) is 32.3 Å². The fraction of sp³-hybridized carbons (Fsp3) is 0.500. The lowest BCUT2D eigenvalue weighted by Gasteiger charge is -2.44. The van der Waals surface area contributed by atoms with Crippen LogP contribution < -0.4 is 0 Å². The van der Waals surface area contributed by atoms with Crippen molar-refractivity contribution in [1.29, 1.82) is 0 Å². The van der Waals surface area contributed by atoms with Gasteiger partial charge < -0.3 is 9.22 Å². The van der Waals surface area contributed by atoms with Gasteiger partial charge in [0.25, 0.3) is 0 Å². The van der Waals surface area contributed by atoms with Crippen LogP contribution in [0.5, 0.6) is 0 Å². The van der Waals surface area contributed by atoms with Crippen molar-refractivity contribution < 1.29 is 9.22 Å². The van der Waals surface area contributed by atoms with Crippen molar-refractivity contribution in [2.45, 2.75) is 62.8 Å². The zero-order valence-electron chi connectivity index (χ0n) is 16.0. The topological polar surface area (TPSA) is 9.23 Å². The molecular weight excluding hydrogens is 318 g/mol. The van der Waals surface area contributed by atoms with Crippen LogP contribution in [0.1, 0.15) is 54.0 Å². The predicted molar refractivity (Wildman–Crippen MR) is 105 cm³/mol. The summed E-state index contributed by atoms with van der Waals surface area (Å²) in [4.78, 5) is 0. The average Bonchev–Trinajstić information content (AvgIpc) is 2.84. The lowest BCUT2D eigenvalue weighted by molar-refractivity contribution is -0.931. The van der Waals surface area contributed by atoms with Gasteiger partial charge in [-0.15, -0.1) is 0 Å². The van der Waals surface area contributed by atoms with E-state index in [-0.39, 0.29) is 6.10 Å². The number of hydrogen-bond acceptors (Lipinski definition) is 1. The van der Waals surface area contributed by atoms with Crippen LogP contribution in [0.3, 0.4) is 0 Å². The maximum absolute atomic E-state index is 6.93. The van der Waals surface area contributed by atoms with Gasteiger partial charge in [0.1, 0.15) is 6.10 Å². The van der Waals surface area contributed by atoms with Crippen LogP contribution in [0.25, 0.3) is 0 Å². The summed E-state index contributed by atoms with van der Waals surface area (Å²) in [5.41, 5.74) is 5.71. The normalized spacial score (nSPS) is 29.7. The Morgan fingerprint density at radius 2 is 1.27 bits per heavy atom. The third-order valence-electron chi connectivity index (χ3n) is 7.45. The number of quaternary nitrogens is 1. The number of aryl methyl sites for hydroxylation is 2. The first-order valence-corrected chi connectivity index (χ1v) is 10.3. The molecule has 136 valence electrons. The van der Waals surface area contributed by atoms with Gasteiger partial charge in [-0.1, -0.05) is 48.5 Å². The van der Waals surface area contributed by atoms with Gasteiger partial charge >= 0.3 is 0 Å². The molecule has 26 heavy (non-hydrogen) atoms. The summed E-state index contributed by atoms with van der Waals surface area (Å²) in [6, 6.07) is 19.4. The molecule has 2 aromatic carbocycles. The molecule has 0 spiro atoms. The number of hydrogen-bond donors (Lipinski definition) is 0.